The first-order chi connectivity index (χ1) is 7.81. The third-order valence-electron chi connectivity index (χ3n) is 2.01. The fourth-order valence-corrected chi connectivity index (χ4v) is 1.94. The van der Waals surface area contributed by atoms with Crippen molar-refractivity contribution in [1.82, 2.24) is 9.78 Å². The number of nitrogens with zero attached hydrogens (tertiary/aromatic N) is 2. The average Bonchev–Trinajstić information content (AvgIpc) is 2.89. The Kier molecular flexibility index (Phi) is 3.36. The Labute approximate surface area is 97.5 Å². The van der Waals surface area contributed by atoms with Crippen molar-refractivity contribution < 1.29 is 9.53 Å². The summed E-state index contributed by atoms with van der Waals surface area (Å²) in [6.07, 6.45) is 5.38. The van der Waals surface area contributed by atoms with Crippen LogP contribution in [0.25, 0.3) is 0 Å². The van der Waals surface area contributed by atoms with Gasteiger partial charge in [-0.15, -0.1) is 11.3 Å². The van der Waals surface area contributed by atoms with Crippen molar-refractivity contribution in [2.75, 3.05) is 0 Å². The van der Waals surface area contributed by atoms with E-state index in [1.165, 1.54) is 11.3 Å². The van der Waals surface area contributed by atoms with Crippen LogP contribution in [-0.4, -0.2) is 16.1 Å². The Bertz CT molecular complexity index is 476. The van der Waals surface area contributed by atoms with Crippen LogP contribution >= 0.6 is 11.3 Å². The van der Waals surface area contributed by atoms with E-state index in [4.69, 9.17) is 4.74 Å². The second-order valence-electron chi connectivity index (χ2n) is 3.34. The average molecular weight is 236 g/mol. The molecule has 0 spiro atoms. The van der Waals surface area contributed by atoms with E-state index < -0.39 is 0 Å². The predicted molar refractivity (Wildman–Crippen MR) is 62.3 cm³/mol. The zero-order valence-corrected chi connectivity index (χ0v) is 9.74. The van der Waals surface area contributed by atoms with E-state index in [9.17, 15) is 4.79 Å². The Morgan fingerprint density at radius 1 is 1.56 bits per heavy atom. The Morgan fingerprint density at radius 3 is 3.12 bits per heavy atom. The molecule has 0 N–H and O–H groups in total. The molecule has 0 amide bonds. The molecule has 2 aromatic heterocycles. The summed E-state index contributed by atoms with van der Waals surface area (Å²) >= 11 is 1.37. The maximum Gasteiger partial charge on any atom is 0.165 e. The molecule has 0 saturated carbocycles. The van der Waals surface area contributed by atoms with Crippen LogP contribution in [0.1, 0.15) is 23.0 Å². The molecule has 2 heterocycles. The lowest BCUT2D eigenvalue weighted by atomic mass is 10.5. The monoisotopic (exact) mass is 236 g/mol. The van der Waals surface area contributed by atoms with Gasteiger partial charge in [0.15, 0.2) is 12.0 Å². The van der Waals surface area contributed by atoms with Crippen molar-refractivity contribution in [2.45, 2.75) is 19.9 Å². The minimum atomic E-state index is 0.663. The van der Waals surface area contributed by atoms with Gasteiger partial charge in [0.25, 0.3) is 0 Å². The lowest BCUT2D eigenvalue weighted by molar-refractivity contribution is 0.112. The molecule has 4 nitrogen and oxygen atoms in total. The fraction of sp³-hybridized carbons (Fsp3) is 0.273. The van der Waals surface area contributed by atoms with Gasteiger partial charge in [0.1, 0.15) is 5.75 Å². The van der Waals surface area contributed by atoms with Gasteiger partial charge in [0.05, 0.1) is 17.3 Å². The number of aldehydes is 1. The Balaban J connectivity index is 2.05. The zero-order valence-electron chi connectivity index (χ0n) is 8.92. The highest BCUT2D eigenvalue weighted by Gasteiger charge is 2.03. The van der Waals surface area contributed by atoms with E-state index in [-0.39, 0.29) is 0 Å². The van der Waals surface area contributed by atoms with Crippen LogP contribution in [0, 0.1) is 0 Å². The summed E-state index contributed by atoms with van der Waals surface area (Å²) in [5, 5.41) is 5.96. The van der Waals surface area contributed by atoms with E-state index >= 15 is 0 Å². The number of rotatable bonds is 5. The van der Waals surface area contributed by atoms with E-state index in [2.05, 4.69) is 12.0 Å². The Hall–Kier alpha value is -1.62. The van der Waals surface area contributed by atoms with Crippen molar-refractivity contribution in [1.29, 1.82) is 0 Å². The highest BCUT2D eigenvalue weighted by molar-refractivity contribution is 7.11. The van der Waals surface area contributed by atoms with Gasteiger partial charge in [-0.05, 0) is 6.42 Å². The van der Waals surface area contributed by atoms with Crippen molar-refractivity contribution in [2.24, 2.45) is 0 Å². The van der Waals surface area contributed by atoms with Crippen LogP contribution in [-0.2, 0) is 6.54 Å². The number of carbonyl (C=O) groups is 1. The van der Waals surface area contributed by atoms with Crippen LogP contribution in [0.5, 0.6) is 11.5 Å². The third-order valence-corrected chi connectivity index (χ3v) is 2.85. The lowest BCUT2D eigenvalue weighted by Crippen LogP contribution is -1.95. The lowest BCUT2D eigenvalue weighted by Gasteiger charge is -1.97. The third kappa shape index (κ3) is 2.49. The molecule has 0 aliphatic carbocycles. The molecule has 0 saturated heterocycles. The number of thiophene rings is 1. The normalized spacial score (nSPS) is 10.3. The van der Waals surface area contributed by atoms with E-state index in [1.54, 1.807) is 17.6 Å². The highest BCUT2D eigenvalue weighted by atomic mass is 32.1. The van der Waals surface area contributed by atoms with Crippen LogP contribution in [0.15, 0.2) is 23.8 Å². The predicted octanol–water partition coefficient (Wildman–Crippen LogP) is 2.96. The van der Waals surface area contributed by atoms with Crippen LogP contribution < -0.4 is 4.74 Å². The molecule has 0 bridgehead atoms. The van der Waals surface area contributed by atoms with E-state index in [0.717, 1.165) is 19.3 Å². The largest absolute Gasteiger partial charge is 0.453 e. The molecule has 16 heavy (non-hydrogen) atoms. The molecule has 0 aliphatic heterocycles. The standard InChI is InChI=1S/C11H12N2O2S/c1-2-3-13-6-10(5-12-13)15-9-4-11(7-14)16-8-9/h4-8H,2-3H2,1H3. The second-order valence-corrected chi connectivity index (χ2v) is 4.29. The summed E-state index contributed by atoms with van der Waals surface area (Å²) in [5.41, 5.74) is 0. The fourth-order valence-electron chi connectivity index (χ4n) is 1.33. The van der Waals surface area contributed by atoms with Crippen LogP contribution in [0.2, 0.25) is 0 Å². The minimum absolute atomic E-state index is 0.663. The number of hydrogen-bond acceptors (Lipinski definition) is 4. The Morgan fingerprint density at radius 2 is 2.44 bits per heavy atom. The molecular formula is C11H12N2O2S. The van der Waals surface area contributed by atoms with Gasteiger partial charge in [-0.2, -0.15) is 5.10 Å². The number of aryl methyl sites for hydroxylation is 1. The van der Waals surface area contributed by atoms with Crippen molar-refractivity contribution in [3.05, 3.63) is 28.7 Å². The summed E-state index contributed by atoms with van der Waals surface area (Å²) < 4.78 is 7.39. The first kappa shape index (κ1) is 10.9. The zero-order chi connectivity index (χ0) is 11.4. The van der Waals surface area contributed by atoms with Crippen molar-refractivity contribution in [3.63, 3.8) is 0 Å². The van der Waals surface area contributed by atoms with E-state index in [1.807, 2.05) is 10.9 Å². The minimum Gasteiger partial charge on any atom is -0.453 e. The number of carbonyl (C=O) groups excluding carboxylic acids is 1. The SMILES string of the molecule is CCCn1cc(Oc2csc(C=O)c2)cn1. The number of ether oxygens (including phenoxy) is 1. The van der Waals surface area contributed by atoms with Gasteiger partial charge in [-0.1, -0.05) is 6.92 Å². The van der Waals surface area contributed by atoms with Gasteiger partial charge in [0, 0.05) is 18.0 Å². The summed E-state index contributed by atoms with van der Waals surface area (Å²) in [5.74, 6) is 1.38. The maximum atomic E-state index is 10.5. The highest BCUT2D eigenvalue weighted by Crippen LogP contribution is 2.25. The molecular weight excluding hydrogens is 224 g/mol. The molecule has 0 aliphatic rings. The number of hydrogen-bond donors (Lipinski definition) is 0. The van der Waals surface area contributed by atoms with Crippen LogP contribution in [0.4, 0.5) is 0 Å². The van der Waals surface area contributed by atoms with Crippen molar-refractivity contribution >= 4 is 17.6 Å². The van der Waals surface area contributed by atoms with E-state index in [0.29, 0.717) is 16.4 Å². The maximum absolute atomic E-state index is 10.5. The smallest absolute Gasteiger partial charge is 0.165 e. The molecule has 84 valence electrons. The molecule has 0 radical (unpaired) electrons. The first-order valence-corrected chi connectivity index (χ1v) is 5.94. The quantitative estimate of drug-likeness (QED) is 0.750. The van der Waals surface area contributed by atoms with Gasteiger partial charge >= 0.3 is 0 Å². The molecule has 0 aromatic carbocycles. The van der Waals surface area contributed by atoms with Crippen molar-refractivity contribution in [3.8, 4) is 11.5 Å². The summed E-state index contributed by atoms with van der Waals surface area (Å²) in [7, 11) is 0. The second kappa shape index (κ2) is 4.94. The van der Waals surface area contributed by atoms with Gasteiger partial charge in [-0.3, -0.25) is 9.48 Å². The molecule has 0 unspecified atom stereocenters. The molecule has 2 aromatic rings. The number of aromatic nitrogens is 2. The summed E-state index contributed by atoms with van der Waals surface area (Å²) in [6.45, 7) is 2.98. The summed E-state index contributed by atoms with van der Waals surface area (Å²) in [6, 6.07) is 1.72. The topological polar surface area (TPSA) is 44.1 Å². The van der Waals surface area contributed by atoms with Crippen LogP contribution in [0.3, 0.4) is 0 Å². The van der Waals surface area contributed by atoms with Gasteiger partial charge in [0.2, 0.25) is 0 Å². The molecule has 0 atom stereocenters. The molecule has 0 fully saturated rings. The molecule has 5 heteroatoms. The summed E-state index contributed by atoms with van der Waals surface area (Å²) in [4.78, 5) is 11.2. The van der Waals surface area contributed by atoms with Gasteiger partial charge < -0.3 is 4.74 Å². The van der Waals surface area contributed by atoms with Gasteiger partial charge in [-0.25, -0.2) is 0 Å². The molecule has 2 rings (SSSR count). The first-order valence-electron chi connectivity index (χ1n) is 5.06.